The van der Waals surface area contributed by atoms with E-state index in [4.69, 9.17) is 4.74 Å². The Hall–Kier alpha value is -3.19. The monoisotopic (exact) mass is 421 g/mol. The average Bonchev–Trinajstić information content (AvgIpc) is 3.28. The van der Waals surface area contributed by atoms with Crippen molar-refractivity contribution in [3.8, 4) is 16.9 Å². The van der Waals surface area contributed by atoms with Crippen molar-refractivity contribution in [1.82, 2.24) is 14.6 Å². The van der Waals surface area contributed by atoms with Crippen molar-refractivity contribution >= 4 is 15.5 Å². The SMILES string of the molecule is CCS(=O)(=O)c1ccc(-c2ccc(CCc3ccccc3OC)n3cnnc23)cc1. The molecule has 0 saturated heterocycles. The van der Waals surface area contributed by atoms with E-state index in [0.29, 0.717) is 4.90 Å². The number of aromatic nitrogens is 3. The molecule has 2 aromatic carbocycles. The molecule has 0 aliphatic rings. The number of methoxy groups -OCH3 is 1. The highest BCUT2D eigenvalue weighted by Crippen LogP contribution is 2.27. The second-order valence-corrected chi connectivity index (χ2v) is 9.28. The van der Waals surface area contributed by atoms with Crippen LogP contribution in [0.5, 0.6) is 5.75 Å². The summed E-state index contributed by atoms with van der Waals surface area (Å²) in [5, 5.41) is 8.40. The van der Waals surface area contributed by atoms with Gasteiger partial charge in [0.25, 0.3) is 0 Å². The number of para-hydroxylation sites is 1. The number of rotatable bonds is 7. The smallest absolute Gasteiger partial charge is 0.178 e. The minimum Gasteiger partial charge on any atom is -0.496 e. The summed E-state index contributed by atoms with van der Waals surface area (Å²) in [4.78, 5) is 0.333. The molecule has 0 saturated carbocycles. The summed E-state index contributed by atoms with van der Waals surface area (Å²) >= 11 is 0. The zero-order chi connectivity index (χ0) is 21.1. The van der Waals surface area contributed by atoms with Gasteiger partial charge in [0.15, 0.2) is 15.5 Å². The zero-order valence-corrected chi connectivity index (χ0v) is 17.8. The summed E-state index contributed by atoms with van der Waals surface area (Å²) in [7, 11) is -1.54. The molecule has 2 aromatic heterocycles. The fraction of sp³-hybridized carbons (Fsp3) is 0.217. The number of ether oxygens (including phenoxy) is 1. The van der Waals surface area contributed by atoms with Gasteiger partial charge in [-0.2, -0.15) is 0 Å². The van der Waals surface area contributed by atoms with Crippen LogP contribution >= 0.6 is 0 Å². The summed E-state index contributed by atoms with van der Waals surface area (Å²) in [6.45, 7) is 1.65. The lowest BCUT2D eigenvalue weighted by Gasteiger charge is -2.11. The van der Waals surface area contributed by atoms with E-state index in [1.54, 1.807) is 32.5 Å². The third-order valence-corrected chi connectivity index (χ3v) is 7.04. The Balaban J connectivity index is 1.64. The molecule has 30 heavy (non-hydrogen) atoms. The van der Waals surface area contributed by atoms with Crippen molar-refractivity contribution in [2.75, 3.05) is 12.9 Å². The first-order chi connectivity index (χ1) is 14.5. The first-order valence-electron chi connectivity index (χ1n) is 9.80. The van der Waals surface area contributed by atoms with Gasteiger partial charge >= 0.3 is 0 Å². The summed E-state index contributed by atoms with van der Waals surface area (Å²) in [5.41, 5.74) is 4.81. The van der Waals surface area contributed by atoms with E-state index >= 15 is 0 Å². The van der Waals surface area contributed by atoms with Crippen LogP contribution in [0, 0.1) is 0 Å². The van der Waals surface area contributed by atoms with Gasteiger partial charge in [-0.25, -0.2) is 8.42 Å². The molecule has 4 rings (SSSR count). The fourth-order valence-electron chi connectivity index (χ4n) is 3.57. The van der Waals surface area contributed by atoms with Crippen LogP contribution in [0.3, 0.4) is 0 Å². The second kappa shape index (κ2) is 8.28. The van der Waals surface area contributed by atoms with Gasteiger partial charge in [-0.3, -0.25) is 4.40 Å². The number of sulfone groups is 1. The zero-order valence-electron chi connectivity index (χ0n) is 16.9. The van der Waals surface area contributed by atoms with Crippen LogP contribution in [0.25, 0.3) is 16.8 Å². The Labute approximate surface area is 176 Å². The molecule has 0 atom stereocenters. The lowest BCUT2D eigenvalue weighted by Crippen LogP contribution is -2.03. The molecular weight excluding hydrogens is 398 g/mol. The van der Waals surface area contributed by atoms with Gasteiger partial charge in [-0.05, 0) is 54.3 Å². The number of pyridine rings is 1. The maximum Gasteiger partial charge on any atom is 0.178 e. The minimum atomic E-state index is -3.22. The summed E-state index contributed by atoms with van der Waals surface area (Å²) in [6.07, 6.45) is 3.36. The Morgan fingerprint density at radius 1 is 0.967 bits per heavy atom. The van der Waals surface area contributed by atoms with E-state index in [2.05, 4.69) is 22.3 Å². The van der Waals surface area contributed by atoms with Crippen molar-refractivity contribution in [3.05, 3.63) is 78.2 Å². The molecule has 7 heteroatoms. The van der Waals surface area contributed by atoms with Gasteiger partial charge in [0.05, 0.1) is 17.8 Å². The van der Waals surface area contributed by atoms with Gasteiger partial charge in [0.2, 0.25) is 0 Å². The molecule has 6 nitrogen and oxygen atoms in total. The van der Waals surface area contributed by atoms with Gasteiger partial charge in [0.1, 0.15) is 12.1 Å². The molecule has 0 N–H and O–H groups in total. The second-order valence-electron chi connectivity index (χ2n) is 7.00. The number of fused-ring (bicyclic) bond motifs is 1. The van der Waals surface area contributed by atoms with E-state index < -0.39 is 9.84 Å². The van der Waals surface area contributed by atoms with Crippen LogP contribution < -0.4 is 4.74 Å². The largest absolute Gasteiger partial charge is 0.496 e. The third kappa shape index (κ3) is 3.80. The average molecular weight is 422 g/mol. The number of aryl methyl sites for hydroxylation is 2. The molecule has 0 radical (unpaired) electrons. The maximum absolute atomic E-state index is 12.1. The molecule has 4 aromatic rings. The first kappa shape index (κ1) is 20.1. The Bertz CT molecular complexity index is 1280. The van der Waals surface area contributed by atoms with Crippen LogP contribution in [-0.2, 0) is 22.7 Å². The molecule has 2 heterocycles. The Kier molecular flexibility index (Phi) is 5.55. The highest BCUT2D eigenvalue weighted by molar-refractivity contribution is 7.91. The highest BCUT2D eigenvalue weighted by atomic mass is 32.2. The summed E-state index contributed by atoms with van der Waals surface area (Å²) in [6, 6.07) is 19.0. The number of benzene rings is 2. The quantitative estimate of drug-likeness (QED) is 0.451. The topological polar surface area (TPSA) is 73.6 Å². The van der Waals surface area contributed by atoms with E-state index in [9.17, 15) is 8.42 Å². The van der Waals surface area contributed by atoms with Crippen molar-refractivity contribution in [2.24, 2.45) is 0 Å². The van der Waals surface area contributed by atoms with Crippen LogP contribution in [0.4, 0.5) is 0 Å². The molecule has 0 aliphatic carbocycles. The fourth-order valence-corrected chi connectivity index (χ4v) is 4.46. The number of hydrogen-bond acceptors (Lipinski definition) is 5. The normalized spacial score (nSPS) is 11.7. The first-order valence-corrected chi connectivity index (χ1v) is 11.5. The molecular formula is C23H23N3O3S. The molecule has 0 bridgehead atoms. The van der Waals surface area contributed by atoms with E-state index in [1.807, 2.05) is 40.8 Å². The Morgan fingerprint density at radius 3 is 2.47 bits per heavy atom. The Morgan fingerprint density at radius 2 is 1.73 bits per heavy atom. The van der Waals surface area contributed by atoms with Crippen molar-refractivity contribution in [2.45, 2.75) is 24.7 Å². The molecule has 0 fully saturated rings. The van der Waals surface area contributed by atoms with Gasteiger partial charge in [-0.15, -0.1) is 10.2 Å². The van der Waals surface area contributed by atoms with E-state index in [0.717, 1.165) is 46.6 Å². The summed E-state index contributed by atoms with van der Waals surface area (Å²) < 4.78 is 31.6. The van der Waals surface area contributed by atoms with Gasteiger partial charge in [0, 0.05) is 11.3 Å². The third-order valence-electron chi connectivity index (χ3n) is 5.29. The van der Waals surface area contributed by atoms with Crippen LogP contribution in [0.1, 0.15) is 18.2 Å². The molecule has 0 spiro atoms. The van der Waals surface area contributed by atoms with Gasteiger partial charge in [-0.1, -0.05) is 37.3 Å². The lowest BCUT2D eigenvalue weighted by molar-refractivity contribution is 0.409. The van der Waals surface area contributed by atoms with Gasteiger partial charge < -0.3 is 4.74 Å². The number of hydrogen-bond donors (Lipinski definition) is 0. The van der Waals surface area contributed by atoms with Crippen molar-refractivity contribution in [3.63, 3.8) is 0 Å². The van der Waals surface area contributed by atoms with Crippen LogP contribution in [0.15, 0.2) is 71.9 Å². The van der Waals surface area contributed by atoms with Crippen molar-refractivity contribution < 1.29 is 13.2 Å². The lowest BCUT2D eigenvalue weighted by atomic mass is 10.0. The molecule has 0 unspecified atom stereocenters. The molecule has 0 amide bonds. The standard InChI is InChI=1S/C23H23N3O3S/c1-3-30(27,28)20-13-9-17(10-14-20)21-15-12-19(26-16-24-25-23(21)26)11-8-18-6-4-5-7-22(18)29-2/h4-7,9-10,12-16H,3,8,11H2,1-2H3. The summed E-state index contributed by atoms with van der Waals surface area (Å²) in [5.74, 6) is 0.970. The predicted octanol–water partition coefficient (Wildman–Crippen LogP) is 3.98. The highest BCUT2D eigenvalue weighted by Gasteiger charge is 2.14. The molecule has 0 aliphatic heterocycles. The van der Waals surface area contributed by atoms with Crippen LogP contribution in [0.2, 0.25) is 0 Å². The van der Waals surface area contributed by atoms with Crippen LogP contribution in [-0.4, -0.2) is 35.9 Å². The maximum atomic E-state index is 12.1. The minimum absolute atomic E-state index is 0.0850. The predicted molar refractivity (Wildman–Crippen MR) is 117 cm³/mol. The van der Waals surface area contributed by atoms with Crippen molar-refractivity contribution in [1.29, 1.82) is 0 Å². The molecule has 154 valence electrons. The number of nitrogens with zero attached hydrogens (tertiary/aromatic N) is 3. The van der Waals surface area contributed by atoms with E-state index in [1.165, 1.54) is 0 Å². The van der Waals surface area contributed by atoms with E-state index in [-0.39, 0.29) is 5.75 Å².